The summed E-state index contributed by atoms with van der Waals surface area (Å²) in [6, 6.07) is 4.08. The first-order valence-electron chi connectivity index (χ1n) is 7.71. The molecular formula is C16H26N4O. The van der Waals surface area contributed by atoms with Crippen LogP contribution < -0.4 is 10.6 Å². The van der Waals surface area contributed by atoms with Gasteiger partial charge < -0.3 is 10.6 Å². The zero-order valence-corrected chi connectivity index (χ0v) is 13.3. The Kier molecular flexibility index (Phi) is 5.17. The minimum Gasteiger partial charge on any atom is -0.370 e. The third-order valence-corrected chi connectivity index (χ3v) is 4.16. The molecule has 1 aromatic rings. The van der Waals surface area contributed by atoms with Crippen LogP contribution in [0.5, 0.6) is 0 Å². The molecule has 5 heteroatoms. The van der Waals surface area contributed by atoms with Crippen molar-refractivity contribution in [2.45, 2.75) is 33.2 Å². The molecule has 1 aromatic heterocycles. The molecule has 21 heavy (non-hydrogen) atoms. The van der Waals surface area contributed by atoms with Crippen LogP contribution in [-0.4, -0.2) is 42.5 Å². The zero-order chi connectivity index (χ0) is 15.3. The Bertz CT molecular complexity index is 491. The fourth-order valence-electron chi connectivity index (χ4n) is 2.89. The molecule has 1 aliphatic rings. The zero-order valence-electron chi connectivity index (χ0n) is 13.3. The normalized spacial score (nSPS) is 22.2. The molecule has 1 fully saturated rings. The summed E-state index contributed by atoms with van der Waals surface area (Å²) in [4.78, 5) is 18.7. The second-order valence-electron chi connectivity index (χ2n) is 6.04. The molecule has 0 aliphatic carbocycles. The molecule has 0 saturated carbocycles. The third-order valence-electron chi connectivity index (χ3n) is 4.16. The number of hydrogen-bond donors (Lipinski definition) is 2. The number of pyridine rings is 1. The van der Waals surface area contributed by atoms with E-state index in [1.165, 1.54) is 5.56 Å². The Morgan fingerprint density at radius 3 is 3.05 bits per heavy atom. The third kappa shape index (κ3) is 3.73. The number of anilines is 1. The van der Waals surface area contributed by atoms with E-state index in [0.29, 0.717) is 0 Å². The maximum Gasteiger partial charge on any atom is 0.227 e. The van der Waals surface area contributed by atoms with Gasteiger partial charge in [-0.2, -0.15) is 0 Å². The maximum absolute atomic E-state index is 12.0. The quantitative estimate of drug-likeness (QED) is 0.839. The first kappa shape index (κ1) is 15.8. The average Bonchev–Trinajstić information content (AvgIpc) is 2.88. The number of amides is 1. The molecule has 1 unspecified atom stereocenters. The average molecular weight is 290 g/mol. The molecule has 2 heterocycles. The summed E-state index contributed by atoms with van der Waals surface area (Å²) in [5.74, 6) is 1.11. The van der Waals surface area contributed by atoms with Crippen LogP contribution >= 0.6 is 0 Å². The summed E-state index contributed by atoms with van der Waals surface area (Å²) in [6.45, 7) is 7.71. The molecule has 2 N–H and O–H groups in total. The molecule has 1 saturated heterocycles. The fourth-order valence-corrected chi connectivity index (χ4v) is 2.89. The summed E-state index contributed by atoms with van der Waals surface area (Å²) in [5.41, 5.74) is 0.931. The molecule has 1 atom stereocenters. The largest absolute Gasteiger partial charge is 0.370 e. The standard InChI is InChI=1S/C16H26N4O/c1-4-8-18-14-13(6-5-9-19-14)11-20-10-7-16(2,12-20)15(21)17-3/h5-6,9H,4,7-8,10-12H2,1-3H3,(H,17,21)(H,18,19). The molecule has 0 aromatic carbocycles. The number of nitrogens with one attached hydrogen (secondary N) is 2. The van der Waals surface area contributed by atoms with Gasteiger partial charge in [0.05, 0.1) is 5.41 Å². The van der Waals surface area contributed by atoms with Crippen molar-refractivity contribution < 1.29 is 4.79 Å². The van der Waals surface area contributed by atoms with Gasteiger partial charge in [-0.3, -0.25) is 9.69 Å². The predicted molar refractivity (Wildman–Crippen MR) is 85.1 cm³/mol. The van der Waals surface area contributed by atoms with E-state index in [9.17, 15) is 4.79 Å². The first-order chi connectivity index (χ1) is 10.1. The van der Waals surface area contributed by atoms with Crippen LogP contribution in [0, 0.1) is 5.41 Å². The van der Waals surface area contributed by atoms with Crippen LogP contribution in [0.3, 0.4) is 0 Å². The number of nitrogens with zero attached hydrogens (tertiary/aromatic N) is 2. The molecule has 0 bridgehead atoms. The van der Waals surface area contributed by atoms with Crippen molar-refractivity contribution >= 4 is 11.7 Å². The predicted octanol–water partition coefficient (Wildman–Crippen LogP) is 1.86. The Balaban J connectivity index is 2.02. The van der Waals surface area contributed by atoms with Crippen LogP contribution in [-0.2, 0) is 11.3 Å². The van der Waals surface area contributed by atoms with Crippen molar-refractivity contribution in [3.63, 3.8) is 0 Å². The van der Waals surface area contributed by atoms with Gasteiger partial charge in [0.15, 0.2) is 0 Å². The molecular weight excluding hydrogens is 264 g/mol. The lowest BCUT2D eigenvalue weighted by Gasteiger charge is -2.23. The molecule has 1 amide bonds. The van der Waals surface area contributed by atoms with Gasteiger partial charge in [-0.1, -0.05) is 13.0 Å². The summed E-state index contributed by atoms with van der Waals surface area (Å²) in [6.07, 6.45) is 3.80. The van der Waals surface area contributed by atoms with Gasteiger partial charge in [-0.25, -0.2) is 4.98 Å². The Hall–Kier alpha value is -1.62. The molecule has 116 valence electrons. The van der Waals surface area contributed by atoms with Gasteiger partial charge in [-0.15, -0.1) is 0 Å². The summed E-state index contributed by atoms with van der Waals surface area (Å²) in [5, 5.41) is 6.16. The summed E-state index contributed by atoms with van der Waals surface area (Å²) >= 11 is 0. The van der Waals surface area contributed by atoms with E-state index in [-0.39, 0.29) is 11.3 Å². The minimum atomic E-state index is -0.270. The molecule has 5 nitrogen and oxygen atoms in total. The van der Waals surface area contributed by atoms with Crippen LogP contribution in [0.4, 0.5) is 5.82 Å². The smallest absolute Gasteiger partial charge is 0.227 e. The fraction of sp³-hybridized carbons (Fsp3) is 0.625. The molecule has 0 radical (unpaired) electrons. The Morgan fingerprint density at radius 2 is 2.33 bits per heavy atom. The van der Waals surface area contributed by atoms with E-state index >= 15 is 0 Å². The number of rotatable bonds is 6. The lowest BCUT2D eigenvalue weighted by atomic mass is 9.89. The number of carbonyl (C=O) groups excluding carboxylic acids is 1. The highest BCUT2D eigenvalue weighted by molar-refractivity contribution is 5.82. The highest BCUT2D eigenvalue weighted by atomic mass is 16.2. The topological polar surface area (TPSA) is 57.3 Å². The SMILES string of the molecule is CCCNc1ncccc1CN1CCC(C)(C(=O)NC)C1. The van der Waals surface area contributed by atoms with Gasteiger partial charge in [0.25, 0.3) is 0 Å². The maximum atomic E-state index is 12.0. The van der Waals surface area contributed by atoms with Crippen molar-refractivity contribution in [1.29, 1.82) is 0 Å². The Labute approximate surface area is 127 Å². The van der Waals surface area contributed by atoms with E-state index in [4.69, 9.17) is 0 Å². The van der Waals surface area contributed by atoms with Crippen LogP contribution in [0.2, 0.25) is 0 Å². The van der Waals surface area contributed by atoms with E-state index in [1.807, 2.05) is 19.2 Å². The van der Waals surface area contributed by atoms with Crippen molar-refractivity contribution in [3.05, 3.63) is 23.9 Å². The van der Waals surface area contributed by atoms with E-state index in [1.54, 1.807) is 7.05 Å². The van der Waals surface area contributed by atoms with Crippen molar-refractivity contribution in [2.24, 2.45) is 5.41 Å². The minimum absolute atomic E-state index is 0.139. The second-order valence-corrected chi connectivity index (χ2v) is 6.04. The van der Waals surface area contributed by atoms with Gasteiger partial charge in [0, 0.05) is 38.4 Å². The van der Waals surface area contributed by atoms with E-state index in [0.717, 1.165) is 44.8 Å². The lowest BCUT2D eigenvalue weighted by Crippen LogP contribution is -2.39. The second kappa shape index (κ2) is 6.89. The highest BCUT2D eigenvalue weighted by Gasteiger charge is 2.39. The monoisotopic (exact) mass is 290 g/mol. The summed E-state index contributed by atoms with van der Waals surface area (Å²) < 4.78 is 0. The Morgan fingerprint density at radius 1 is 1.52 bits per heavy atom. The van der Waals surface area contributed by atoms with Crippen LogP contribution in [0.1, 0.15) is 32.3 Å². The molecule has 2 rings (SSSR count). The van der Waals surface area contributed by atoms with Gasteiger partial charge in [0.1, 0.15) is 5.82 Å². The number of aromatic nitrogens is 1. The van der Waals surface area contributed by atoms with Gasteiger partial charge in [0.2, 0.25) is 5.91 Å². The molecule has 1 aliphatic heterocycles. The lowest BCUT2D eigenvalue weighted by molar-refractivity contribution is -0.129. The summed E-state index contributed by atoms with van der Waals surface area (Å²) in [7, 11) is 1.71. The van der Waals surface area contributed by atoms with Crippen LogP contribution in [0.25, 0.3) is 0 Å². The van der Waals surface area contributed by atoms with Crippen molar-refractivity contribution in [2.75, 3.05) is 32.0 Å². The first-order valence-corrected chi connectivity index (χ1v) is 7.71. The highest BCUT2D eigenvalue weighted by Crippen LogP contribution is 2.31. The molecule has 0 spiro atoms. The van der Waals surface area contributed by atoms with Gasteiger partial charge in [-0.05, 0) is 32.4 Å². The van der Waals surface area contributed by atoms with E-state index < -0.39 is 0 Å². The van der Waals surface area contributed by atoms with Crippen molar-refractivity contribution in [1.82, 2.24) is 15.2 Å². The number of likely N-dealkylation sites (tertiary alicyclic amines) is 1. The van der Waals surface area contributed by atoms with Crippen LogP contribution in [0.15, 0.2) is 18.3 Å². The van der Waals surface area contributed by atoms with E-state index in [2.05, 4.69) is 33.5 Å². The van der Waals surface area contributed by atoms with Crippen molar-refractivity contribution in [3.8, 4) is 0 Å². The van der Waals surface area contributed by atoms with Gasteiger partial charge >= 0.3 is 0 Å². The number of hydrogen-bond acceptors (Lipinski definition) is 4. The number of carbonyl (C=O) groups is 1.